The molecule has 0 aliphatic carbocycles. The molecule has 1 amide bonds. The second-order valence-electron chi connectivity index (χ2n) is 3.88. The van der Waals surface area contributed by atoms with Crippen molar-refractivity contribution in [2.24, 2.45) is 11.0 Å². The van der Waals surface area contributed by atoms with Gasteiger partial charge in [0.25, 0.3) is 0 Å². The largest absolute Gasteiger partial charge is 0.342 e. The lowest BCUT2D eigenvalue weighted by Gasteiger charge is -2.37. The quantitative estimate of drug-likeness (QED) is 0.385. The zero-order valence-corrected chi connectivity index (χ0v) is 8.68. The Kier molecular flexibility index (Phi) is 3.77. The van der Waals surface area contributed by atoms with Crippen molar-refractivity contribution in [3.05, 3.63) is 10.4 Å². The lowest BCUT2D eigenvalue weighted by molar-refractivity contribution is -0.136. The molecule has 0 saturated carbocycles. The number of likely N-dealkylation sites (tertiary alicyclic amines) is 1. The highest BCUT2D eigenvalue weighted by atomic mass is 16.2. The van der Waals surface area contributed by atoms with Crippen LogP contribution in [0.15, 0.2) is 5.11 Å². The van der Waals surface area contributed by atoms with Gasteiger partial charge in [-0.15, -0.1) is 0 Å². The fraction of sp³-hybridized carbons (Fsp3) is 0.889. The van der Waals surface area contributed by atoms with Gasteiger partial charge in [0.05, 0.1) is 6.04 Å². The number of rotatable bonds is 4. The molecular formula is C9H16N4O. The SMILES string of the molecule is CCC(C)CC(=O)N1CC(N=[N+]=[N-])C1. The van der Waals surface area contributed by atoms with Gasteiger partial charge in [-0.25, -0.2) is 0 Å². The van der Waals surface area contributed by atoms with Crippen LogP contribution in [0.3, 0.4) is 0 Å². The van der Waals surface area contributed by atoms with E-state index in [2.05, 4.69) is 23.9 Å². The van der Waals surface area contributed by atoms with E-state index >= 15 is 0 Å². The number of hydrogen-bond acceptors (Lipinski definition) is 2. The summed E-state index contributed by atoms with van der Waals surface area (Å²) in [6.07, 6.45) is 1.64. The normalized spacial score (nSPS) is 18.3. The van der Waals surface area contributed by atoms with Gasteiger partial charge in [-0.05, 0) is 11.4 Å². The van der Waals surface area contributed by atoms with E-state index in [4.69, 9.17) is 5.53 Å². The molecule has 0 bridgehead atoms. The molecule has 5 heteroatoms. The molecule has 0 radical (unpaired) electrons. The summed E-state index contributed by atoms with van der Waals surface area (Å²) in [5, 5.41) is 3.55. The Hall–Kier alpha value is -1.22. The number of nitrogens with zero attached hydrogens (tertiary/aromatic N) is 4. The summed E-state index contributed by atoms with van der Waals surface area (Å²) in [7, 11) is 0. The lowest BCUT2D eigenvalue weighted by Crippen LogP contribution is -2.52. The number of carbonyl (C=O) groups excluding carboxylic acids is 1. The predicted octanol–water partition coefficient (Wildman–Crippen LogP) is 1.94. The molecule has 14 heavy (non-hydrogen) atoms. The van der Waals surface area contributed by atoms with Crippen LogP contribution in [0.25, 0.3) is 10.4 Å². The van der Waals surface area contributed by atoms with Crippen LogP contribution in [0.1, 0.15) is 26.7 Å². The van der Waals surface area contributed by atoms with Crippen molar-refractivity contribution in [1.29, 1.82) is 0 Å². The Morgan fingerprint density at radius 3 is 2.86 bits per heavy atom. The van der Waals surface area contributed by atoms with Gasteiger partial charge in [0.15, 0.2) is 0 Å². The zero-order valence-electron chi connectivity index (χ0n) is 8.68. The Bertz CT molecular complexity index is 254. The third-order valence-electron chi connectivity index (χ3n) is 2.65. The third-order valence-corrected chi connectivity index (χ3v) is 2.65. The first kappa shape index (κ1) is 10.9. The molecule has 1 heterocycles. The highest BCUT2D eigenvalue weighted by molar-refractivity contribution is 5.77. The highest BCUT2D eigenvalue weighted by Crippen LogP contribution is 2.16. The minimum absolute atomic E-state index is 0.000817. The maximum Gasteiger partial charge on any atom is 0.222 e. The second kappa shape index (κ2) is 4.86. The topological polar surface area (TPSA) is 69.1 Å². The standard InChI is InChI=1S/C9H16N4O/c1-3-7(2)4-9(14)13-5-8(6-13)11-12-10/h7-8H,3-6H2,1-2H3. The van der Waals surface area contributed by atoms with E-state index in [0.717, 1.165) is 6.42 Å². The van der Waals surface area contributed by atoms with Crippen molar-refractivity contribution in [1.82, 2.24) is 4.90 Å². The molecule has 1 aliphatic rings. The van der Waals surface area contributed by atoms with Gasteiger partial charge in [0.2, 0.25) is 5.91 Å². The first-order valence-electron chi connectivity index (χ1n) is 4.99. The van der Waals surface area contributed by atoms with Gasteiger partial charge in [-0.2, -0.15) is 0 Å². The minimum Gasteiger partial charge on any atom is -0.342 e. The molecule has 1 fully saturated rings. The zero-order chi connectivity index (χ0) is 10.6. The Morgan fingerprint density at radius 2 is 2.36 bits per heavy atom. The predicted molar refractivity (Wildman–Crippen MR) is 53.6 cm³/mol. The Morgan fingerprint density at radius 1 is 1.71 bits per heavy atom. The number of azide groups is 1. The molecule has 1 atom stereocenters. The molecule has 78 valence electrons. The summed E-state index contributed by atoms with van der Waals surface area (Å²) in [5.74, 6) is 0.629. The fourth-order valence-electron chi connectivity index (χ4n) is 1.38. The summed E-state index contributed by atoms with van der Waals surface area (Å²) in [5.41, 5.74) is 8.16. The Labute approximate surface area is 83.7 Å². The van der Waals surface area contributed by atoms with E-state index in [0.29, 0.717) is 25.4 Å². The van der Waals surface area contributed by atoms with E-state index < -0.39 is 0 Å². The maximum atomic E-state index is 11.5. The number of hydrogen-bond donors (Lipinski definition) is 0. The highest BCUT2D eigenvalue weighted by Gasteiger charge is 2.29. The first-order chi connectivity index (χ1) is 6.67. The van der Waals surface area contributed by atoms with Crippen molar-refractivity contribution in [3.63, 3.8) is 0 Å². The molecule has 0 N–H and O–H groups in total. The molecule has 1 saturated heterocycles. The molecular weight excluding hydrogens is 180 g/mol. The van der Waals surface area contributed by atoms with Gasteiger partial charge in [-0.3, -0.25) is 4.79 Å². The third kappa shape index (κ3) is 2.64. The lowest BCUT2D eigenvalue weighted by atomic mass is 10.0. The summed E-state index contributed by atoms with van der Waals surface area (Å²) in [6, 6.07) is 0.000817. The van der Waals surface area contributed by atoms with Crippen molar-refractivity contribution in [2.45, 2.75) is 32.7 Å². The minimum atomic E-state index is 0.000817. The first-order valence-corrected chi connectivity index (χ1v) is 4.99. The average molecular weight is 196 g/mol. The molecule has 0 spiro atoms. The van der Waals surface area contributed by atoms with Crippen LogP contribution in [0, 0.1) is 5.92 Å². The summed E-state index contributed by atoms with van der Waals surface area (Å²) < 4.78 is 0. The van der Waals surface area contributed by atoms with Gasteiger partial charge in [0, 0.05) is 24.4 Å². The van der Waals surface area contributed by atoms with Crippen LogP contribution >= 0.6 is 0 Å². The van der Waals surface area contributed by atoms with E-state index in [-0.39, 0.29) is 11.9 Å². The monoisotopic (exact) mass is 196 g/mol. The van der Waals surface area contributed by atoms with Crippen LogP contribution in [0.2, 0.25) is 0 Å². The molecule has 0 aromatic heterocycles. The van der Waals surface area contributed by atoms with Crippen LogP contribution in [-0.4, -0.2) is 29.9 Å². The van der Waals surface area contributed by atoms with Gasteiger partial charge in [0.1, 0.15) is 0 Å². The van der Waals surface area contributed by atoms with E-state index in [1.54, 1.807) is 4.90 Å². The summed E-state index contributed by atoms with van der Waals surface area (Å²) >= 11 is 0. The average Bonchev–Trinajstić information content (AvgIpc) is 2.10. The number of carbonyl (C=O) groups is 1. The summed E-state index contributed by atoms with van der Waals surface area (Å²) in [4.78, 5) is 16.0. The smallest absolute Gasteiger partial charge is 0.222 e. The van der Waals surface area contributed by atoms with Gasteiger partial charge in [-0.1, -0.05) is 25.4 Å². The van der Waals surface area contributed by atoms with Crippen molar-refractivity contribution in [3.8, 4) is 0 Å². The van der Waals surface area contributed by atoms with Crippen LogP contribution in [0.4, 0.5) is 0 Å². The molecule has 1 rings (SSSR count). The second-order valence-corrected chi connectivity index (χ2v) is 3.88. The Balaban J connectivity index is 2.26. The fourth-order valence-corrected chi connectivity index (χ4v) is 1.38. The maximum absolute atomic E-state index is 11.5. The van der Waals surface area contributed by atoms with Crippen molar-refractivity contribution < 1.29 is 4.79 Å². The van der Waals surface area contributed by atoms with Crippen LogP contribution in [0.5, 0.6) is 0 Å². The molecule has 5 nitrogen and oxygen atoms in total. The molecule has 1 aliphatic heterocycles. The van der Waals surface area contributed by atoms with E-state index in [1.807, 2.05) is 0 Å². The van der Waals surface area contributed by atoms with E-state index in [1.165, 1.54) is 0 Å². The summed E-state index contributed by atoms with van der Waals surface area (Å²) in [6.45, 7) is 5.35. The van der Waals surface area contributed by atoms with Gasteiger partial charge >= 0.3 is 0 Å². The van der Waals surface area contributed by atoms with Gasteiger partial charge < -0.3 is 4.90 Å². The number of amides is 1. The molecule has 0 aromatic carbocycles. The van der Waals surface area contributed by atoms with Crippen LogP contribution in [-0.2, 0) is 4.79 Å². The molecule has 0 aromatic rings. The van der Waals surface area contributed by atoms with Crippen molar-refractivity contribution >= 4 is 5.91 Å². The molecule has 1 unspecified atom stereocenters. The van der Waals surface area contributed by atoms with E-state index in [9.17, 15) is 4.79 Å². The van der Waals surface area contributed by atoms with Crippen LogP contribution < -0.4 is 0 Å². The van der Waals surface area contributed by atoms with Crippen molar-refractivity contribution in [2.75, 3.05) is 13.1 Å².